The molecule has 7 heteroatoms. The summed E-state index contributed by atoms with van der Waals surface area (Å²) in [6.45, 7) is 0.751. The molecule has 2 heterocycles. The quantitative estimate of drug-likeness (QED) is 0.416. The van der Waals surface area contributed by atoms with Crippen LogP contribution in [-0.2, 0) is 6.54 Å². The molecule has 1 saturated carbocycles. The lowest BCUT2D eigenvalue weighted by Crippen LogP contribution is -2.04. The third-order valence-corrected chi connectivity index (χ3v) is 6.93. The highest BCUT2D eigenvalue weighted by atomic mass is 35.5. The Labute approximate surface area is 159 Å². The number of nitrogens with zero attached hydrogens (tertiary/aromatic N) is 3. The Hall–Kier alpha value is -1.01. The Morgan fingerprint density at radius 1 is 1.17 bits per heavy atom. The van der Waals surface area contributed by atoms with E-state index in [1.54, 1.807) is 23.1 Å². The van der Waals surface area contributed by atoms with E-state index in [4.69, 9.17) is 23.2 Å². The average Bonchev–Trinajstić information content (AvgIpc) is 2.99. The highest BCUT2D eigenvalue weighted by Gasteiger charge is 2.51. The molecule has 0 spiro atoms. The van der Waals surface area contributed by atoms with Crippen molar-refractivity contribution in [2.75, 3.05) is 5.75 Å². The van der Waals surface area contributed by atoms with Crippen LogP contribution in [-0.4, -0.2) is 24.9 Å². The number of thiophene rings is 1. The van der Waals surface area contributed by atoms with Crippen LogP contribution in [0.4, 0.5) is 0 Å². The second kappa shape index (κ2) is 6.71. The maximum atomic E-state index is 6.14. The van der Waals surface area contributed by atoms with Crippen LogP contribution in [0.25, 0.3) is 10.7 Å². The molecule has 1 aliphatic rings. The minimum Gasteiger partial charge on any atom is -0.297 e. The van der Waals surface area contributed by atoms with E-state index >= 15 is 0 Å². The summed E-state index contributed by atoms with van der Waals surface area (Å²) >= 11 is 15.6. The van der Waals surface area contributed by atoms with Crippen molar-refractivity contribution in [2.24, 2.45) is 5.92 Å². The van der Waals surface area contributed by atoms with Crippen LogP contribution in [0.15, 0.2) is 53.0 Å². The number of thioether (sulfide) groups is 1. The van der Waals surface area contributed by atoms with E-state index in [1.165, 1.54) is 5.56 Å². The topological polar surface area (TPSA) is 30.7 Å². The number of hydrogen-bond donors (Lipinski definition) is 0. The number of rotatable bonds is 6. The van der Waals surface area contributed by atoms with Crippen molar-refractivity contribution in [2.45, 2.75) is 22.5 Å². The number of alkyl halides is 2. The van der Waals surface area contributed by atoms with E-state index in [2.05, 4.69) is 50.5 Å². The average molecular weight is 396 g/mol. The lowest BCUT2D eigenvalue weighted by atomic mass is 10.2. The van der Waals surface area contributed by atoms with Gasteiger partial charge in [-0.1, -0.05) is 48.2 Å². The predicted octanol–water partition coefficient (Wildman–Crippen LogP) is 5.34. The van der Waals surface area contributed by atoms with E-state index in [0.717, 1.165) is 34.6 Å². The molecule has 24 heavy (non-hydrogen) atoms. The number of halogens is 2. The molecule has 1 fully saturated rings. The largest absolute Gasteiger partial charge is 0.297 e. The van der Waals surface area contributed by atoms with Gasteiger partial charge in [-0.15, -0.1) is 44.7 Å². The smallest absolute Gasteiger partial charge is 0.191 e. The van der Waals surface area contributed by atoms with Crippen LogP contribution >= 0.6 is 46.3 Å². The molecule has 0 unspecified atom stereocenters. The molecule has 3 nitrogen and oxygen atoms in total. The van der Waals surface area contributed by atoms with E-state index < -0.39 is 4.33 Å². The molecule has 1 aromatic carbocycles. The molecule has 1 aliphatic carbocycles. The zero-order chi connectivity index (χ0) is 16.6. The minimum atomic E-state index is -0.548. The van der Waals surface area contributed by atoms with E-state index in [-0.39, 0.29) is 0 Å². The molecule has 1 atom stereocenters. The Kier molecular flexibility index (Phi) is 4.60. The molecule has 2 aromatic heterocycles. The lowest BCUT2D eigenvalue weighted by Gasteiger charge is -2.09. The highest BCUT2D eigenvalue weighted by Crippen LogP contribution is 2.54. The fourth-order valence-electron chi connectivity index (χ4n) is 2.52. The standard InChI is InChI=1S/C17H15Cl2N3S2/c18-17(19)9-13(17)11-24-16-21-20-15(14-7-4-8-23-14)22(16)10-12-5-2-1-3-6-12/h1-8,13H,9-11H2/t13-/m1/s1. The molecule has 0 amide bonds. The van der Waals surface area contributed by atoms with Crippen molar-refractivity contribution in [3.63, 3.8) is 0 Å². The zero-order valence-electron chi connectivity index (χ0n) is 12.7. The fraction of sp³-hybridized carbons (Fsp3) is 0.294. The van der Waals surface area contributed by atoms with Crippen LogP contribution < -0.4 is 0 Å². The summed E-state index contributed by atoms with van der Waals surface area (Å²) in [5.41, 5.74) is 1.23. The van der Waals surface area contributed by atoms with Gasteiger partial charge >= 0.3 is 0 Å². The van der Waals surface area contributed by atoms with E-state index in [1.807, 2.05) is 12.1 Å². The van der Waals surface area contributed by atoms with Gasteiger partial charge in [-0.3, -0.25) is 4.57 Å². The normalized spacial score (nSPS) is 18.7. The third kappa shape index (κ3) is 3.49. The molecule has 4 rings (SSSR count). The Morgan fingerprint density at radius 2 is 1.96 bits per heavy atom. The van der Waals surface area contributed by atoms with Gasteiger partial charge in [0.15, 0.2) is 11.0 Å². The minimum absolute atomic E-state index is 0.331. The van der Waals surface area contributed by atoms with Crippen molar-refractivity contribution < 1.29 is 0 Å². The summed E-state index contributed by atoms with van der Waals surface area (Å²) in [6, 6.07) is 14.5. The van der Waals surface area contributed by atoms with Crippen LogP contribution in [0.2, 0.25) is 0 Å². The van der Waals surface area contributed by atoms with Gasteiger partial charge in [-0.05, 0) is 23.4 Å². The van der Waals surface area contributed by atoms with Crippen LogP contribution in [0.3, 0.4) is 0 Å². The van der Waals surface area contributed by atoms with Gasteiger partial charge in [0.2, 0.25) is 0 Å². The predicted molar refractivity (Wildman–Crippen MR) is 102 cm³/mol. The van der Waals surface area contributed by atoms with Crippen LogP contribution in [0, 0.1) is 5.92 Å². The second-order valence-electron chi connectivity index (χ2n) is 5.83. The zero-order valence-corrected chi connectivity index (χ0v) is 15.9. The van der Waals surface area contributed by atoms with Gasteiger partial charge in [0.05, 0.1) is 11.4 Å². The first-order valence-corrected chi connectivity index (χ1v) is 10.3. The fourth-order valence-corrected chi connectivity index (χ4v) is 5.10. The summed E-state index contributed by atoms with van der Waals surface area (Å²) < 4.78 is 1.63. The first-order chi connectivity index (χ1) is 11.6. The molecule has 124 valence electrons. The van der Waals surface area contributed by atoms with Gasteiger partial charge in [0.25, 0.3) is 0 Å². The molecule has 0 radical (unpaired) electrons. The van der Waals surface area contributed by atoms with Crippen molar-refractivity contribution in [3.05, 3.63) is 53.4 Å². The molecule has 0 aliphatic heterocycles. The molecular formula is C17H15Cl2N3S2. The second-order valence-corrected chi connectivity index (χ2v) is 9.31. The summed E-state index contributed by atoms with van der Waals surface area (Å²) in [5, 5.41) is 11.8. The van der Waals surface area contributed by atoms with Gasteiger partial charge in [-0.2, -0.15) is 0 Å². The summed E-state index contributed by atoms with van der Waals surface area (Å²) in [7, 11) is 0. The molecule has 0 bridgehead atoms. The first-order valence-electron chi connectivity index (χ1n) is 7.65. The van der Waals surface area contributed by atoms with Crippen LogP contribution in [0.5, 0.6) is 0 Å². The van der Waals surface area contributed by atoms with Gasteiger partial charge in [0.1, 0.15) is 4.33 Å². The number of benzene rings is 1. The van der Waals surface area contributed by atoms with Crippen molar-refractivity contribution >= 4 is 46.3 Å². The monoisotopic (exact) mass is 395 g/mol. The Morgan fingerprint density at radius 3 is 2.62 bits per heavy atom. The van der Waals surface area contributed by atoms with Crippen molar-refractivity contribution in [1.29, 1.82) is 0 Å². The lowest BCUT2D eigenvalue weighted by molar-refractivity contribution is 0.714. The van der Waals surface area contributed by atoms with Gasteiger partial charge < -0.3 is 0 Å². The summed E-state index contributed by atoms with van der Waals surface area (Å²) in [4.78, 5) is 1.13. The Bertz CT molecular complexity index is 816. The molecule has 0 N–H and O–H groups in total. The van der Waals surface area contributed by atoms with Crippen LogP contribution in [0.1, 0.15) is 12.0 Å². The first kappa shape index (κ1) is 16.5. The number of hydrogen-bond acceptors (Lipinski definition) is 4. The highest BCUT2D eigenvalue weighted by molar-refractivity contribution is 7.99. The molecule has 0 saturated heterocycles. The molecular weight excluding hydrogens is 381 g/mol. The van der Waals surface area contributed by atoms with E-state index in [9.17, 15) is 0 Å². The third-order valence-electron chi connectivity index (χ3n) is 4.01. The summed E-state index contributed by atoms with van der Waals surface area (Å²) in [5.74, 6) is 2.11. The van der Waals surface area contributed by atoms with Gasteiger partial charge in [-0.25, -0.2) is 0 Å². The number of aromatic nitrogens is 3. The maximum absolute atomic E-state index is 6.14. The summed E-state index contributed by atoms with van der Waals surface area (Å²) in [6.07, 6.45) is 0.855. The van der Waals surface area contributed by atoms with Gasteiger partial charge in [0, 0.05) is 11.7 Å². The maximum Gasteiger partial charge on any atom is 0.191 e. The van der Waals surface area contributed by atoms with E-state index in [0.29, 0.717) is 5.92 Å². The van der Waals surface area contributed by atoms with Crippen molar-refractivity contribution in [3.8, 4) is 10.7 Å². The SMILES string of the molecule is ClC1(Cl)C[C@@H]1CSc1nnc(-c2cccs2)n1Cc1ccccc1. The van der Waals surface area contributed by atoms with Crippen molar-refractivity contribution in [1.82, 2.24) is 14.8 Å². The molecule has 3 aromatic rings. The Balaban J connectivity index is 1.61.